The lowest BCUT2D eigenvalue weighted by atomic mass is 10.2. The molecule has 5 heteroatoms. The highest BCUT2D eigenvalue weighted by Crippen LogP contribution is 2.22. The van der Waals surface area contributed by atoms with E-state index in [-0.39, 0.29) is 0 Å². The van der Waals surface area contributed by atoms with E-state index in [9.17, 15) is 0 Å². The smallest absolute Gasteiger partial charge is 0.237 e. The van der Waals surface area contributed by atoms with E-state index in [4.69, 9.17) is 4.52 Å². The molecule has 4 nitrogen and oxygen atoms in total. The van der Waals surface area contributed by atoms with Gasteiger partial charge in [-0.15, -0.1) is 11.8 Å². The van der Waals surface area contributed by atoms with Gasteiger partial charge in [-0.25, -0.2) is 0 Å². The Morgan fingerprint density at radius 1 is 1.14 bits per heavy atom. The minimum atomic E-state index is 0.706. The van der Waals surface area contributed by atoms with Crippen LogP contribution in [-0.2, 0) is 18.7 Å². The van der Waals surface area contributed by atoms with Crippen molar-refractivity contribution in [1.82, 2.24) is 15.5 Å². The third-order valence-corrected chi connectivity index (χ3v) is 4.02. The van der Waals surface area contributed by atoms with Gasteiger partial charge in [0.2, 0.25) is 5.89 Å². The zero-order valence-electron chi connectivity index (χ0n) is 12.8. The largest absolute Gasteiger partial charge is 0.338 e. The summed E-state index contributed by atoms with van der Waals surface area (Å²) in [4.78, 5) is 5.60. The first-order valence-electron chi connectivity index (χ1n) is 7.55. The SMILES string of the molecule is CCCNCc1ccc(SCc2nc(CCC)no2)cc1. The van der Waals surface area contributed by atoms with Gasteiger partial charge in [-0.05, 0) is 37.1 Å². The van der Waals surface area contributed by atoms with Crippen molar-refractivity contribution in [1.29, 1.82) is 0 Å². The first-order chi connectivity index (χ1) is 10.3. The van der Waals surface area contributed by atoms with E-state index in [1.165, 1.54) is 10.5 Å². The van der Waals surface area contributed by atoms with Crippen LogP contribution in [0.25, 0.3) is 0 Å². The van der Waals surface area contributed by atoms with Gasteiger partial charge in [0.15, 0.2) is 5.82 Å². The summed E-state index contributed by atoms with van der Waals surface area (Å²) >= 11 is 1.73. The van der Waals surface area contributed by atoms with Gasteiger partial charge in [-0.3, -0.25) is 0 Å². The molecule has 2 rings (SSSR count). The molecule has 0 fully saturated rings. The van der Waals surface area contributed by atoms with Crippen molar-refractivity contribution < 1.29 is 4.52 Å². The van der Waals surface area contributed by atoms with Gasteiger partial charge in [0.1, 0.15) is 0 Å². The zero-order chi connectivity index (χ0) is 14.9. The zero-order valence-corrected chi connectivity index (χ0v) is 13.6. The van der Waals surface area contributed by atoms with Crippen LogP contribution in [0.4, 0.5) is 0 Å². The van der Waals surface area contributed by atoms with E-state index in [2.05, 4.69) is 53.6 Å². The fourth-order valence-electron chi connectivity index (χ4n) is 1.93. The van der Waals surface area contributed by atoms with E-state index in [1.54, 1.807) is 11.8 Å². The lowest BCUT2D eigenvalue weighted by Crippen LogP contribution is -2.13. The molecule has 0 aliphatic heterocycles. The average Bonchev–Trinajstić information content (AvgIpc) is 2.95. The Morgan fingerprint density at radius 3 is 2.67 bits per heavy atom. The molecule has 0 spiro atoms. The van der Waals surface area contributed by atoms with Crippen molar-refractivity contribution in [3.63, 3.8) is 0 Å². The molecule has 2 aromatic rings. The predicted octanol–water partition coefficient (Wildman–Crippen LogP) is 3.81. The van der Waals surface area contributed by atoms with Gasteiger partial charge in [-0.2, -0.15) is 4.98 Å². The van der Waals surface area contributed by atoms with Crippen molar-refractivity contribution in [3.8, 4) is 0 Å². The quantitative estimate of drug-likeness (QED) is 0.564. The minimum Gasteiger partial charge on any atom is -0.338 e. The van der Waals surface area contributed by atoms with Gasteiger partial charge in [-0.1, -0.05) is 31.1 Å². The number of benzene rings is 1. The fraction of sp³-hybridized carbons (Fsp3) is 0.500. The predicted molar refractivity (Wildman–Crippen MR) is 86.3 cm³/mol. The maximum Gasteiger partial charge on any atom is 0.237 e. The van der Waals surface area contributed by atoms with Crippen molar-refractivity contribution in [2.75, 3.05) is 6.54 Å². The Balaban J connectivity index is 1.79. The van der Waals surface area contributed by atoms with Crippen LogP contribution in [0.5, 0.6) is 0 Å². The third-order valence-electron chi connectivity index (χ3n) is 3.03. The van der Waals surface area contributed by atoms with Crippen molar-refractivity contribution in [2.24, 2.45) is 0 Å². The molecule has 0 atom stereocenters. The fourth-order valence-corrected chi connectivity index (χ4v) is 2.67. The number of aromatic nitrogens is 2. The van der Waals surface area contributed by atoms with Crippen LogP contribution in [0.15, 0.2) is 33.7 Å². The maximum atomic E-state index is 5.24. The first-order valence-corrected chi connectivity index (χ1v) is 8.54. The van der Waals surface area contributed by atoms with Crippen LogP contribution >= 0.6 is 11.8 Å². The Bertz CT molecular complexity index is 525. The van der Waals surface area contributed by atoms with Crippen molar-refractivity contribution in [2.45, 2.75) is 50.3 Å². The minimum absolute atomic E-state index is 0.706. The number of hydrogen-bond acceptors (Lipinski definition) is 5. The summed E-state index contributed by atoms with van der Waals surface area (Å²) in [6.07, 6.45) is 3.09. The lowest BCUT2D eigenvalue weighted by molar-refractivity contribution is 0.384. The molecule has 0 aliphatic rings. The summed E-state index contributed by atoms with van der Waals surface area (Å²) in [7, 11) is 0. The second kappa shape index (κ2) is 8.85. The number of rotatable bonds is 9. The van der Waals surface area contributed by atoms with Gasteiger partial charge in [0, 0.05) is 17.9 Å². The Morgan fingerprint density at radius 2 is 1.95 bits per heavy atom. The second-order valence-electron chi connectivity index (χ2n) is 4.96. The molecule has 0 aliphatic carbocycles. The summed E-state index contributed by atoms with van der Waals surface area (Å²) in [6.45, 7) is 6.29. The summed E-state index contributed by atoms with van der Waals surface area (Å²) in [6, 6.07) is 8.64. The Hall–Kier alpha value is -1.33. The normalized spacial score (nSPS) is 11.0. The second-order valence-corrected chi connectivity index (χ2v) is 6.01. The summed E-state index contributed by atoms with van der Waals surface area (Å²) in [5.41, 5.74) is 1.32. The first kappa shape index (κ1) is 16.0. The Kier molecular flexibility index (Phi) is 6.76. The molecule has 0 amide bonds. The molecular formula is C16H23N3OS. The molecule has 0 radical (unpaired) electrons. The molecule has 0 unspecified atom stereocenters. The number of nitrogens with zero attached hydrogens (tertiary/aromatic N) is 2. The lowest BCUT2D eigenvalue weighted by Gasteiger charge is -2.04. The Labute approximate surface area is 130 Å². The average molecular weight is 305 g/mol. The number of aryl methyl sites for hydroxylation is 1. The monoisotopic (exact) mass is 305 g/mol. The van der Waals surface area contributed by atoms with Crippen LogP contribution in [0.2, 0.25) is 0 Å². The molecule has 0 bridgehead atoms. The van der Waals surface area contributed by atoms with Crippen LogP contribution in [0.1, 0.15) is 44.0 Å². The van der Waals surface area contributed by atoms with Gasteiger partial charge in [0.25, 0.3) is 0 Å². The van der Waals surface area contributed by atoms with Crippen molar-refractivity contribution in [3.05, 3.63) is 41.5 Å². The molecule has 0 saturated heterocycles. The van der Waals surface area contributed by atoms with Crippen LogP contribution in [-0.4, -0.2) is 16.7 Å². The van der Waals surface area contributed by atoms with Crippen molar-refractivity contribution >= 4 is 11.8 Å². The van der Waals surface area contributed by atoms with E-state index < -0.39 is 0 Å². The van der Waals surface area contributed by atoms with Crippen LogP contribution in [0.3, 0.4) is 0 Å². The standard InChI is InChI=1S/C16H23N3OS/c1-3-5-15-18-16(20-19-15)12-21-14-8-6-13(7-9-14)11-17-10-4-2/h6-9,17H,3-5,10-12H2,1-2H3. The van der Waals surface area contributed by atoms with E-state index in [0.29, 0.717) is 5.89 Å². The van der Waals surface area contributed by atoms with E-state index in [1.807, 2.05) is 0 Å². The van der Waals surface area contributed by atoms with E-state index >= 15 is 0 Å². The summed E-state index contributed by atoms with van der Waals surface area (Å²) in [5, 5.41) is 7.37. The van der Waals surface area contributed by atoms with Gasteiger partial charge < -0.3 is 9.84 Å². The number of hydrogen-bond donors (Lipinski definition) is 1. The van der Waals surface area contributed by atoms with Crippen LogP contribution in [0, 0.1) is 0 Å². The molecular weight excluding hydrogens is 282 g/mol. The highest BCUT2D eigenvalue weighted by molar-refractivity contribution is 7.98. The number of nitrogens with one attached hydrogen (secondary N) is 1. The highest BCUT2D eigenvalue weighted by atomic mass is 32.2. The van der Waals surface area contributed by atoms with Crippen LogP contribution < -0.4 is 5.32 Å². The molecule has 1 N–H and O–H groups in total. The molecule has 1 aromatic heterocycles. The van der Waals surface area contributed by atoms with E-state index in [0.717, 1.165) is 43.9 Å². The van der Waals surface area contributed by atoms with Gasteiger partial charge >= 0.3 is 0 Å². The third kappa shape index (κ3) is 5.52. The maximum absolute atomic E-state index is 5.24. The molecule has 1 heterocycles. The molecule has 114 valence electrons. The highest BCUT2D eigenvalue weighted by Gasteiger charge is 2.06. The van der Waals surface area contributed by atoms with Gasteiger partial charge in [0.05, 0.1) is 5.75 Å². The topological polar surface area (TPSA) is 51.0 Å². The molecule has 1 aromatic carbocycles. The number of thioether (sulfide) groups is 1. The molecule has 0 saturated carbocycles. The molecule has 21 heavy (non-hydrogen) atoms. The summed E-state index contributed by atoms with van der Waals surface area (Å²) in [5.74, 6) is 2.24. The summed E-state index contributed by atoms with van der Waals surface area (Å²) < 4.78 is 5.24.